The molecule has 6 heteroatoms. The van der Waals surface area contributed by atoms with Gasteiger partial charge in [-0.3, -0.25) is 4.68 Å². The third-order valence-electron chi connectivity index (χ3n) is 2.91. The summed E-state index contributed by atoms with van der Waals surface area (Å²) in [6, 6.07) is 9.19. The van der Waals surface area contributed by atoms with E-state index in [2.05, 4.69) is 5.10 Å². The van der Waals surface area contributed by atoms with E-state index in [4.69, 9.17) is 11.6 Å². The molecule has 106 valence electrons. The maximum atomic E-state index is 11.4. The van der Waals surface area contributed by atoms with Crippen LogP contribution in [0.2, 0.25) is 5.15 Å². The molecule has 0 fully saturated rings. The van der Waals surface area contributed by atoms with Gasteiger partial charge >= 0.3 is 5.97 Å². The van der Waals surface area contributed by atoms with Gasteiger partial charge in [0.1, 0.15) is 16.4 Å². The molecule has 0 aliphatic carbocycles. The zero-order valence-corrected chi connectivity index (χ0v) is 12.1. The van der Waals surface area contributed by atoms with Crippen LogP contribution in [0, 0.1) is 0 Å². The highest BCUT2D eigenvalue weighted by Crippen LogP contribution is 2.28. The van der Waals surface area contributed by atoms with Crippen LogP contribution < -0.4 is 0 Å². The quantitative estimate of drug-likeness (QED) is 0.920. The van der Waals surface area contributed by atoms with Crippen LogP contribution in [0.4, 0.5) is 0 Å². The summed E-state index contributed by atoms with van der Waals surface area (Å²) in [5, 5.41) is 13.9. The van der Waals surface area contributed by atoms with Crippen LogP contribution in [-0.2, 0) is 6.54 Å². The molecule has 2 rings (SSSR count). The van der Waals surface area contributed by atoms with Crippen molar-refractivity contribution in [1.29, 1.82) is 0 Å². The van der Waals surface area contributed by atoms with E-state index in [1.165, 1.54) is 4.68 Å². The number of carboxylic acids is 1. The van der Waals surface area contributed by atoms with Crippen molar-refractivity contribution in [2.24, 2.45) is 0 Å². The Morgan fingerprint density at radius 1 is 1.35 bits per heavy atom. The molecule has 5 nitrogen and oxygen atoms in total. The molecule has 0 radical (unpaired) electrons. The van der Waals surface area contributed by atoms with Gasteiger partial charge in [-0.1, -0.05) is 41.9 Å². The van der Waals surface area contributed by atoms with Gasteiger partial charge in [0.2, 0.25) is 0 Å². The molecule has 0 saturated heterocycles. The summed E-state index contributed by atoms with van der Waals surface area (Å²) in [6.07, 6.45) is 0. The second kappa shape index (κ2) is 6.07. The first kappa shape index (κ1) is 14.6. The van der Waals surface area contributed by atoms with Crippen molar-refractivity contribution < 1.29 is 9.90 Å². The summed E-state index contributed by atoms with van der Waals surface area (Å²) in [6.45, 7) is 1.27. The summed E-state index contributed by atoms with van der Waals surface area (Å²) < 4.78 is 1.54. The molecule has 0 spiro atoms. The van der Waals surface area contributed by atoms with Crippen molar-refractivity contribution in [1.82, 2.24) is 14.7 Å². The minimum Gasteiger partial charge on any atom is -0.478 e. The smallest absolute Gasteiger partial charge is 0.341 e. The standard InChI is InChI=1S/C14H16ClN3O2/c1-17(2)8-9-18-13(15)11(14(19)20)12(16-18)10-6-4-3-5-7-10/h3-7H,8-9H2,1-2H3,(H,19,20). The molecule has 2 aromatic rings. The van der Waals surface area contributed by atoms with Crippen LogP contribution in [-0.4, -0.2) is 46.4 Å². The number of aromatic nitrogens is 2. The molecule has 0 aliphatic rings. The van der Waals surface area contributed by atoms with E-state index < -0.39 is 5.97 Å². The lowest BCUT2D eigenvalue weighted by Gasteiger charge is -2.09. The molecule has 0 bridgehead atoms. The molecule has 1 aromatic carbocycles. The molecule has 20 heavy (non-hydrogen) atoms. The first-order valence-electron chi connectivity index (χ1n) is 6.20. The van der Waals surface area contributed by atoms with Gasteiger partial charge in [-0.2, -0.15) is 5.10 Å². The molecule has 0 unspecified atom stereocenters. The molecule has 0 aliphatic heterocycles. The van der Waals surface area contributed by atoms with Gasteiger partial charge in [0.15, 0.2) is 0 Å². The van der Waals surface area contributed by atoms with Gasteiger partial charge in [-0.15, -0.1) is 0 Å². The minimum absolute atomic E-state index is 0.0524. The number of carbonyl (C=O) groups is 1. The second-order valence-corrected chi connectivity index (χ2v) is 5.07. The van der Waals surface area contributed by atoms with E-state index in [1.54, 1.807) is 0 Å². The third-order valence-corrected chi connectivity index (χ3v) is 3.29. The van der Waals surface area contributed by atoms with Gasteiger partial charge in [0, 0.05) is 12.1 Å². The number of likely N-dealkylation sites (N-methyl/N-ethyl adjacent to an activating group) is 1. The van der Waals surface area contributed by atoms with Crippen molar-refractivity contribution in [2.75, 3.05) is 20.6 Å². The molecular weight excluding hydrogens is 278 g/mol. The van der Waals surface area contributed by atoms with Crippen LogP contribution in [0.3, 0.4) is 0 Å². The number of benzene rings is 1. The second-order valence-electron chi connectivity index (χ2n) is 4.71. The molecule has 1 aromatic heterocycles. The topological polar surface area (TPSA) is 58.4 Å². The Hall–Kier alpha value is -1.85. The predicted molar refractivity (Wildman–Crippen MR) is 78.2 cm³/mol. The Balaban J connectivity index is 2.46. The van der Waals surface area contributed by atoms with Crippen molar-refractivity contribution in [2.45, 2.75) is 6.54 Å². The number of aromatic carboxylic acids is 1. The average Bonchev–Trinajstić information content (AvgIpc) is 2.74. The number of rotatable bonds is 5. The zero-order valence-electron chi connectivity index (χ0n) is 11.4. The van der Waals surface area contributed by atoms with Crippen molar-refractivity contribution in [3.63, 3.8) is 0 Å². The zero-order chi connectivity index (χ0) is 14.7. The normalized spacial score (nSPS) is 11.0. The number of nitrogens with zero attached hydrogens (tertiary/aromatic N) is 3. The highest BCUT2D eigenvalue weighted by Gasteiger charge is 2.23. The maximum absolute atomic E-state index is 11.4. The molecule has 0 amide bonds. The highest BCUT2D eigenvalue weighted by atomic mass is 35.5. The monoisotopic (exact) mass is 293 g/mol. The van der Waals surface area contributed by atoms with E-state index in [0.717, 1.165) is 12.1 Å². The molecule has 1 heterocycles. The number of halogens is 1. The van der Waals surface area contributed by atoms with Crippen LogP contribution >= 0.6 is 11.6 Å². The average molecular weight is 294 g/mol. The van der Waals surface area contributed by atoms with E-state index >= 15 is 0 Å². The summed E-state index contributed by atoms with van der Waals surface area (Å²) >= 11 is 6.16. The number of hydrogen-bond acceptors (Lipinski definition) is 3. The van der Waals surface area contributed by atoms with Crippen molar-refractivity contribution in [3.8, 4) is 11.3 Å². The largest absolute Gasteiger partial charge is 0.478 e. The van der Waals surface area contributed by atoms with Gasteiger partial charge in [0.25, 0.3) is 0 Å². The van der Waals surface area contributed by atoms with Gasteiger partial charge in [-0.25, -0.2) is 4.79 Å². The Morgan fingerprint density at radius 3 is 2.55 bits per heavy atom. The molecule has 1 N–H and O–H groups in total. The summed E-state index contributed by atoms with van der Waals surface area (Å²) in [5.41, 5.74) is 1.20. The van der Waals surface area contributed by atoms with E-state index in [1.807, 2.05) is 49.3 Å². The summed E-state index contributed by atoms with van der Waals surface area (Å²) in [5.74, 6) is -1.06. The Kier molecular flexibility index (Phi) is 4.42. The molecular formula is C14H16ClN3O2. The summed E-state index contributed by atoms with van der Waals surface area (Å²) in [4.78, 5) is 13.4. The van der Waals surface area contributed by atoms with Gasteiger partial charge in [-0.05, 0) is 14.1 Å². The third kappa shape index (κ3) is 3.00. The fourth-order valence-electron chi connectivity index (χ4n) is 1.87. The Labute approximate surface area is 122 Å². The number of carboxylic acid groups (broad SMARTS) is 1. The molecule has 0 saturated carbocycles. The Bertz CT molecular complexity index is 608. The van der Waals surface area contributed by atoms with E-state index in [9.17, 15) is 9.90 Å². The van der Waals surface area contributed by atoms with Crippen LogP contribution in [0.15, 0.2) is 30.3 Å². The summed E-state index contributed by atoms with van der Waals surface area (Å²) in [7, 11) is 3.88. The Morgan fingerprint density at radius 2 is 2.00 bits per heavy atom. The van der Waals surface area contributed by atoms with Crippen LogP contribution in [0.25, 0.3) is 11.3 Å². The van der Waals surface area contributed by atoms with Crippen molar-refractivity contribution in [3.05, 3.63) is 41.0 Å². The predicted octanol–water partition coefficient (Wildman–Crippen LogP) is 2.46. The highest BCUT2D eigenvalue weighted by molar-refractivity contribution is 6.33. The first-order chi connectivity index (χ1) is 9.50. The first-order valence-corrected chi connectivity index (χ1v) is 6.58. The van der Waals surface area contributed by atoms with E-state index in [0.29, 0.717) is 12.2 Å². The molecule has 0 atom stereocenters. The van der Waals surface area contributed by atoms with Crippen LogP contribution in [0.1, 0.15) is 10.4 Å². The lowest BCUT2D eigenvalue weighted by atomic mass is 10.1. The number of hydrogen-bond donors (Lipinski definition) is 1. The van der Waals surface area contributed by atoms with Crippen molar-refractivity contribution >= 4 is 17.6 Å². The fourth-order valence-corrected chi connectivity index (χ4v) is 2.16. The lowest BCUT2D eigenvalue weighted by Crippen LogP contribution is -2.19. The maximum Gasteiger partial charge on any atom is 0.341 e. The van der Waals surface area contributed by atoms with Crippen LogP contribution in [0.5, 0.6) is 0 Å². The van der Waals surface area contributed by atoms with E-state index in [-0.39, 0.29) is 10.7 Å². The SMILES string of the molecule is CN(C)CCn1nc(-c2ccccc2)c(C(=O)O)c1Cl. The minimum atomic E-state index is -1.06. The van der Waals surface area contributed by atoms with Gasteiger partial charge in [0.05, 0.1) is 6.54 Å². The lowest BCUT2D eigenvalue weighted by molar-refractivity contribution is 0.0698. The fraction of sp³-hybridized carbons (Fsp3) is 0.286. The van der Waals surface area contributed by atoms with Gasteiger partial charge < -0.3 is 10.0 Å².